The summed E-state index contributed by atoms with van der Waals surface area (Å²) < 4.78 is 0. The van der Waals surface area contributed by atoms with E-state index in [1.807, 2.05) is 32.5 Å². The number of unbranched alkanes of at least 4 members (excludes halogenated alkanes) is 2. The molecule has 0 saturated carbocycles. The summed E-state index contributed by atoms with van der Waals surface area (Å²) >= 11 is 2.01. The molecular weight excluding hydrogens is 244 g/mol. The monoisotopic (exact) mass is 274 g/mol. The Balaban J connectivity index is 3.81. The number of nitrogens with two attached hydrogens (primary N) is 1. The van der Waals surface area contributed by atoms with E-state index in [9.17, 15) is 4.79 Å². The Hall–Kier alpha value is -0.220. The SMILES string of the molecule is CCCCSCCCCC(C)(NC(C)C)C(N)=O. The van der Waals surface area contributed by atoms with Gasteiger partial charge < -0.3 is 11.1 Å². The first-order valence-corrected chi connectivity index (χ1v) is 8.23. The van der Waals surface area contributed by atoms with Gasteiger partial charge in [-0.15, -0.1) is 0 Å². The lowest BCUT2D eigenvalue weighted by molar-refractivity contribution is -0.124. The first kappa shape index (κ1) is 17.8. The van der Waals surface area contributed by atoms with Crippen LogP contribution >= 0.6 is 11.8 Å². The van der Waals surface area contributed by atoms with E-state index in [-0.39, 0.29) is 11.9 Å². The van der Waals surface area contributed by atoms with E-state index in [1.165, 1.54) is 24.3 Å². The lowest BCUT2D eigenvalue weighted by Crippen LogP contribution is -2.55. The van der Waals surface area contributed by atoms with Gasteiger partial charge in [-0.2, -0.15) is 11.8 Å². The molecule has 0 spiro atoms. The summed E-state index contributed by atoms with van der Waals surface area (Å²) in [4.78, 5) is 11.5. The van der Waals surface area contributed by atoms with Crippen LogP contribution in [0.5, 0.6) is 0 Å². The predicted octanol–water partition coefficient (Wildman–Crippen LogP) is 2.93. The third-order valence-electron chi connectivity index (χ3n) is 3.01. The van der Waals surface area contributed by atoms with Crippen molar-refractivity contribution < 1.29 is 4.79 Å². The second-order valence-corrected chi connectivity index (χ2v) is 6.64. The Morgan fingerprint density at radius 1 is 1.28 bits per heavy atom. The summed E-state index contributed by atoms with van der Waals surface area (Å²) in [6.45, 7) is 8.22. The van der Waals surface area contributed by atoms with Crippen LogP contribution in [-0.4, -0.2) is 29.0 Å². The zero-order valence-corrected chi connectivity index (χ0v) is 13.2. The van der Waals surface area contributed by atoms with Gasteiger partial charge in [0.1, 0.15) is 0 Å². The molecule has 0 aromatic heterocycles. The molecule has 18 heavy (non-hydrogen) atoms. The fourth-order valence-electron chi connectivity index (χ4n) is 1.93. The topological polar surface area (TPSA) is 55.1 Å². The van der Waals surface area contributed by atoms with Crippen molar-refractivity contribution in [3.63, 3.8) is 0 Å². The molecule has 0 aliphatic carbocycles. The number of primary amides is 1. The van der Waals surface area contributed by atoms with Crippen molar-refractivity contribution in [1.82, 2.24) is 5.32 Å². The maximum absolute atomic E-state index is 11.5. The molecule has 0 aromatic rings. The molecule has 0 saturated heterocycles. The number of hydrogen-bond acceptors (Lipinski definition) is 3. The van der Waals surface area contributed by atoms with E-state index in [2.05, 4.69) is 12.2 Å². The van der Waals surface area contributed by atoms with Gasteiger partial charge in [0.25, 0.3) is 0 Å². The van der Waals surface area contributed by atoms with Crippen LogP contribution in [0, 0.1) is 0 Å². The minimum Gasteiger partial charge on any atom is -0.368 e. The third kappa shape index (κ3) is 7.98. The largest absolute Gasteiger partial charge is 0.368 e. The molecule has 0 aromatic carbocycles. The normalized spacial score (nSPS) is 14.7. The highest BCUT2D eigenvalue weighted by atomic mass is 32.2. The second-order valence-electron chi connectivity index (χ2n) is 5.42. The lowest BCUT2D eigenvalue weighted by Gasteiger charge is -2.29. The van der Waals surface area contributed by atoms with Crippen LogP contribution in [-0.2, 0) is 4.79 Å². The van der Waals surface area contributed by atoms with Crippen molar-refractivity contribution in [1.29, 1.82) is 0 Å². The van der Waals surface area contributed by atoms with Crippen molar-refractivity contribution in [3.8, 4) is 0 Å². The molecule has 0 heterocycles. The van der Waals surface area contributed by atoms with Gasteiger partial charge in [-0.25, -0.2) is 0 Å². The molecule has 1 unspecified atom stereocenters. The molecule has 0 rings (SSSR count). The molecule has 3 nitrogen and oxygen atoms in total. The highest BCUT2D eigenvalue weighted by Gasteiger charge is 2.30. The fraction of sp³-hybridized carbons (Fsp3) is 0.929. The highest BCUT2D eigenvalue weighted by molar-refractivity contribution is 7.99. The van der Waals surface area contributed by atoms with Crippen molar-refractivity contribution in [2.45, 2.75) is 71.4 Å². The van der Waals surface area contributed by atoms with Crippen LogP contribution in [0.1, 0.15) is 59.8 Å². The van der Waals surface area contributed by atoms with Crippen molar-refractivity contribution >= 4 is 17.7 Å². The average molecular weight is 274 g/mol. The number of carbonyl (C=O) groups excluding carboxylic acids is 1. The van der Waals surface area contributed by atoms with Crippen LogP contribution in [0.4, 0.5) is 0 Å². The number of rotatable bonds is 11. The van der Waals surface area contributed by atoms with Gasteiger partial charge in [0.05, 0.1) is 5.54 Å². The average Bonchev–Trinajstić information content (AvgIpc) is 2.26. The molecule has 0 radical (unpaired) electrons. The molecule has 1 atom stereocenters. The quantitative estimate of drug-likeness (QED) is 0.570. The zero-order chi connectivity index (χ0) is 14.0. The summed E-state index contributed by atoms with van der Waals surface area (Å²) in [6, 6.07) is 0.279. The Bertz CT molecular complexity index is 234. The van der Waals surface area contributed by atoms with E-state index in [0.717, 1.165) is 19.3 Å². The third-order valence-corrected chi connectivity index (χ3v) is 4.16. The van der Waals surface area contributed by atoms with Crippen LogP contribution in [0.3, 0.4) is 0 Å². The molecule has 0 aliphatic heterocycles. The van der Waals surface area contributed by atoms with E-state index in [4.69, 9.17) is 5.73 Å². The van der Waals surface area contributed by atoms with Gasteiger partial charge >= 0.3 is 0 Å². The van der Waals surface area contributed by atoms with E-state index in [0.29, 0.717) is 0 Å². The van der Waals surface area contributed by atoms with Gasteiger partial charge in [-0.3, -0.25) is 4.79 Å². The lowest BCUT2D eigenvalue weighted by atomic mass is 9.93. The maximum atomic E-state index is 11.5. The number of thioether (sulfide) groups is 1. The first-order valence-electron chi connectivity index (χ1n) is 7.07. The van der Waals surface area contributed by atoms with Crippen LogP contribution in [0.25, 0.3) is 0 Å². The number of nitrogens with one attached hydrogen (secondary N) is 1. The molecule has 4 heteroatoms. The van der Waals surface area contributed by atoms with Crippen molar-refractivity contribution in [2.24, 2.45) is 5.73 Å². The van der Waals surface area contributed by atoms with Crippen molar-refractivity contribution in [3.05, 3.63) is 0 Å². The molecular formula is C14H30N2OS. The summed E-state index contributed by atoms with van der Waals surface area (Å²) in [5, 5.41) is 3.29. The molecule has 0 aliphatic rings. The fourth-order valence-corrected chi connectivity index (χ4v) is 3.04. The second kappa shape index (κ2) is 9.68. The van der Waals surface area contributed by atoms with Gasteiger partial charge in [0, 0.05) is 6.04 Å². The first-order chi connectivity index (χ1) is 8.42. The standard InChI is InChI=1S/C14H30N2OS/c1-5-6-10-18-11-8-7-9-14(4,13(15)17)16-12(2)3/h12,16H,5-11H2,1-4H3,(H2,15,17). The van der Waals surface area contributed by atoms with E-state index in [1.54, 1.807) is 0 Å². The Morgan fingerprint density at radius 2 is 1.89 bits per heavy atom. The zero-order valence-electron chi connectivity index (χ0n) is 12.4. The van der Waals surface area contributed by atoms with Crippen molar-refractivity contribution in [2.75, 3.05) is 11.5 Å². The Labute approximate surface area is 117 Å². The molecule has 108 valence electrons. The minimum atomic E-state index is -0.553. The summed E-state index contributed by atoms with van der Waals surface area (Å²) in [6.07, 6.45) is 5.62. The maximum Gasteiger partial charge on any atom is 0.237 e. The molecule has 0 bridgehead atoms. The van der Waals surface area contributed by atoms with Crippen LogP contribution in [0.2, 0.25) is 0 Å². The smallest absolute Gasteiger partial charge is 0.237 e. The molecule has 3 N–H and O–H groups in total. The Morgan fingerprint density at radius 3 is 2.39 bits per heavy atom. The number of amides is 1. The van der Waals surface area contributed by atoms with E-state index >= 15 is 0 Å². The summed E-state index contributed by atoms with van der Waals surface area (Å²) in [5.74, 6) is 2.21. The van der Waals surface area contributed by atoms with Crippen LogP contribution in [0.15, 0.2) is 0 Å². The summed E-state index contributed by atoms with van der Waals surface area (Å²) in [5.41, 5.74) is 4.94. The Kier molecular flexibility index (Phi) is 9.56. The van der Waals surface area contributed by atoms with Gasteiger partial charge in [0.2, 0.25) is 5.91 Å². The minimum absolute atomic E-state index is 0.241. The van der Waals surface area contributed by atoms with Gasteiger partial charge in [-0.05, 0) is 51.5 Å². The number of carbonyl (C=O) groups is 1. The van der Waals surface area contributed by atoms with Gasteiger partial charge in [-0.1, -0.05) is 19.8 Å². The summed E-state index contributed by atoms with van der Waals surface area (Å²) in [7, 11) is 0. The highest BCUT2D eigenvalue weighted by Crippen LogP contribution is 2.16. The molecule has 0 fully saturated rings. The van der Waals surface area contributed by atoms with Gasteiger partial charge in [0.15, 0.2) is 0 Å². The molecule has 1 amide bonds. The van der Waals surface area contributed by atoms with Crippen LogP contribution < -0.4 is 11.1 Å². The predicted molar refractivity (Wildman–Crippen MR) is 82.0 cm³/mol. The van der Waals surface area contributed by atoms with E-state index < -0.39 is 5.54 Å². The number of hydrogen-bond donors (Lipinski definition) is 2.